The predicted molar refractivity (Wildman–Crippen MR) is 45.2 cm³/mol. The summed E-state index contributed by atoms with van der Waals surface area (Å²) in [4.78, 5) is 0. The summed E-state index contributed by atoms with van der Waals surface area (Å²) in [6.07, 6.45) is -4.51. The van der Waals surface area contributed by atoms with Gasteiger partial charge in [-0.05, 0) is 23.8 Å². The van der Waals surface area contributed by atoms with Gasteiger partial charge in [-0.1, -0.05) is 0 Å². The Bertz CT molecular complexity index is 377. The van der Waals surface area contributed by atoms with E-state index in [4.69, 9.17) is 11.0 Å². The highest BCUT2D eigenvalue weighted by Crippen LogP contribution is 2.31. The third kappa shape index (κ3) is 2.16. The number of benzene rings is 1. The SMILES string of the molecule is N#CCc1cc(C(F)(F)F)ccc1N. The first-order chi connectivity index (χ1) is 6.45. The molecule has 74 valence electrons. The Kier molecular flexibility index (Phi) is 2.65. The van der Waals surface area contributed by atoms with Crippen molar-refractivity contribution in [2.75, 3.05) is 5.73 Å². The van der Waals surface area contributed by atoms with Crippen LogP contribution in [0.25, 0.3) is 0 Å². The summed E-state index contributed by atoms with van der Waals surface area (Å²) < 4.78 is 36.6. The fourth-order valence-electron chi connectivity index (χ4n) is 1.02. The quantitative estimate of drug-likeness (QED) is 0.707. The Labute approximate surface area is 78.8 Å². The van der Waals surface area contributed by atoms with Gasteiger partial charge in [-0.25, -0.2) is 0 Å². The zero-order valence-electron chi connectivity index (χ0n) is 7.10. The van der Waals surface area contributed by atoms with Gasteiger partial charge in [-0.15, -0.1) is 0 Å². The van der Waals surface area contributed by atoms with E-state index in [0.717, 1.165) is 18.2 Å². The Balaban J connectivity index is 3.14. The largest absolute Gasteiger partial charge is 0.416 e. The van der Waals surface area contributed by atoms with Gasteiger partial charge in [0.25, 0.3) is 0 Å². The van der Waals surface area contributed by atoms with E-state index in [0.29, 0.717) is 0 Å². The van der Waals surface area contributed by atoms with Crippen molar-refractivity contribution in [3.05, 3.63) is 29.3 Å². The van der Waals surface area contributed by atoms with Gasteiger partial charge < -0.3 is 5.73 Å². The van der Waals surface area contributed by atoms with Crippen molar-refractivity contribution in [2.24, 2.45) is 0 Å². The molecule has 0 saturated carbocycles. The number of anilines is 1. The lowest BCUT2D eigenvalue weighted by molar-refractivity contribution is -0.137. The first kappa shape index (κ1) is 10.4. The molecule has 2 N–H and O–H groups in total. The minimum Gasteiger partial charge on any atom is -0.398 e. The monoisotopic (exact) mass is 200 g/mol. The van der Waals surface area contributed by atoms with Crippen LogP contribution in [-0.4, -0.2) is 0 Å². The number of nitrogens with two attached hydrogens (primary N) is 1. The van der Waals surface area contributed by atoms with Crippen molar-refractivity contribution in [2.45, 2.75) is 12.6 Å². The molecule has 0 aromatic heterocycles. The Morgan fingerprint density at radius 3 is 2.50 bits per heavy atom. The summed E-state index contributed by atoms with van der Waals surface area (Å²) in [5.41, 5.74) is 5.04. The molecule has 0 atom stereocenters. The fourth-order valence-corrected chi connectivity index (χ4v) is 1.02. The van der Waals surface area contributed by atoms with Crippen molar-refractivity contribution in [3.8, 4) is 6.07 Å². The zero-order chi connectivity index (χ0) is 10.8. The summed E-state index contributed by atoms with van der Waals surface area (Å²) in [5, 5.41) is 8.35. The molecule has 0 aliphatic heterocycles. The van der Waals surface area contributed by atoms with Crippen LogP contribution in [0.1, 0.15) is 11.1 Å². The molecule has 0 saturated heterocycles. The summed E-state index contributed by atoms with van der Waals surface area (Å²) in [6, 6.07) is 4.72. The second kappa shape index (κ2) is 3.58. The second-order valence-corrected chi connectivity index (χ2v) is 2.75. The van der Waals surface area contributed by atoms with Gasteiger partial charge >= 0.3 is 6.18 Å². The van der Waals surface area contributed by atoms with Crippen LogP contribution in [0.4, 0.5) is 18.9 Å². The maximum atomic E-state index is 12.2. The van der Waals surface area contributed by atoms with E-state index in [-0.39, 0.29) is 17.7 Å². The zero-order valence-corrected chi connectivity index (χ0v) is 7.10. The van der Waals surface area contributed by atoms with Gasteiger partial charge in [0.1, 0.15) is 0 Å². The number of nitriles is 1. The molecular formula is C9H7F3N2. The number of alkyl halides is 3. The third-order valence-corrected chi connectivity index (χ3v) is 1.74. The molecule has 1 rings (SSSR count). The molecule has 1 aromatic rings. The molecule has 0 heterocycles. The van der Waals surface area contributed by atoms with Gasteiger partial charge in [0, 0.05) is 5.69 Å². The molecule has 2 nitrogen and oxygen atoms in total. The van der Waals surface area contributed by atoms with Gasteiger partial charge in [0.15, 0.2) is 0 Å². The maximum absolute atomic E-state index is 12.2. The van der Waals surface area contributed by atoms with Crippen molar-refractivity contribution >= 4 is 5.69 Å². The normalized spacial score (nSPS) is 11.0. The fraction of sp³-hybridized carbons (Fsp3) is 0.222. The number of halogens is 3. The van der Waals surface area contributed by atoms with Crippen LogP contribution in [-0.2, 0) is 12.6 Å². The van der Waals surface area contributed by atoms with Crippen LogP contribution in [0.3, 0.4) is 0 Å². The van der Waals surface area contributed by atoms with Crippen LogP contribution >= 0.6 is 0 Å². The lowest BCUT2D eigenvalue weighted by Gasteiger charge is -2.09. The number of hydrogen-bond donors (Lipinski definition) is 1. The van der Waals surface area contributed by atoms with Crippen molar-refractivity contribution < 1.29 is 13.2 Å². The van der Waals surface area contributed by atoms with E-state index < -0.39 is 11.7 Å². The molecule has 0 amide bonds. The van der Waals surface area contributed by atoms with Gasteiger partial charge in [0.2, 0.25) is 0 Å². The lowest BCUT2D eigenvalue weighted by Crippen LogP contribution is -2.06. The first-order valence-corrected chi connectivity index (χ1v) is 3.77. The molecule has 14 heavy (non-hydrogen) atoms. The van der Waals surface area contributed by atoms with E-state index >= 15 is 0 Å². The summed E-state index contributed by atoms with van der Waals surface area (Å²) in [7, 11) is 0. The minimum absolute atomic E-state index is 0.115. The predicted octanol–water partition coefficient (Wildman–Crippen LogP) is 2.35. The Morgan fingerprint density at radius 2 is 2.00 bits per heavy atom. The van der Waals surface area contributed by atoms with Crippen LogP contribution in [0.2, 0.25) is 0 Å². The topological polar surface area (TPSA) is 49.8 Å². The van der Waals surface area contributed by atoms with Crippen LogP contribution < -0.4 is 5.73 Å². The highest BCUT2D eigenvalue weighted by molar-refractivity contribution is 5.50. The lowest BCUT2D eigenvalue weighted by atomic mass is 10.1. The Hall–Kier alpha value is -1.70. The average molecular weight is 200 g/mol. The third-order valence-electron chi connectivity index (χ3n) is 1.74. The number of rotatable bonds is 1. The molecule has 0 bridgehead atoms. The van der Waals surface area contributed by atoms with Crippen LogP contribution in [0, 0.1) is 11.3 Å². The Morgan fingerprint density at radius 1 is 1.36 bits per heavy atom. The van der Waals surface area contributed by atoms with Crippen molar-refractivity contribution in [1.82, 2.24) is 0 Å². The second-order valence-electron chi connectivity index (χ2n) is 2.75. The summed E-state index contributed by atoms with van der Waals surface area (Å²) in [5.74, 6) is 0. The van der Waals surface area contributed by atoms with E-state index in [1.807, 2.05) is 0 Å². The van der Waals surface area contributed by atoms with Gasteiger partial charge in [-0.2, -0.15) is 18.4 Å². The number of nitrogen functional groups attached to an aromatic ring is 1. The molecule has 0 radical (unpaired) electrons. The minimum atomic E-state index is -4.39. The molecule has 0 aliphatic rings. The number of nitrogens with zero attached hydrogens (tertiary/aromatic N) is 1. The summed E-state index contributed by atoms with van der Waals surface area (Å²) >= 11 is 0. The van der Waals surface area contributed by atoms with E-state index in [1.165, 1.54) is 0 Å². The molecule has 5 heteroatoms. The van der Waals surface area contributed by atoms with Crippen LogP contribution in [0.5, 0.6) is 0 Å². The average Bonchev–Trinajstić information content (AvgIpc) is 2.07. The molecule has 0 fully saturated rings. The van der Waals surface area contributed by atoms with Gasteiger partial charge in [-0.3, -0.25) is 0 Å². The standard InChI is InChI=1S/C9H7F3N2/c10-9(11,12)7-1-2-8(14)6(5-7)3-4-13/h1-2,5H,3,14H2. The maximum Gasteiger partial charge on any atom is 0.416 e. The van der Waals surface area contributed by atoms with E-state index in [2.05, 4.69) is 0 Å². The van der Waals surface area contributed by atoms with Crippen LogP contribution in [0.15, 0.2) is 18.2 Å². The number of hydrogen-bond acceptors (Lipinski definition) is 2. The van der Waals surface area contributed by atoms with E-state index in [9.17, 15) is 13.2 Å². The molecule has 0 aliphatic carbocycles. The van der Waals surface area contributed by atoms with Crippen molar-refractivity contribution in [1.29, 1.82) is 5.26 Å². The van der Waals surface area contributed by atoms with Crippen molar-refractivity contribution in [3.63, 3.8) is 0 Å². The smallest absolute Gasteiger partial charge is 0.398 e. The first-order valence-electron chi connectivity index (χ1n) is 3.77. The molecular weight excluding hydrogens is 193 g/mol. The molecule has 0 unspecified atom stereocenters. The van der Waals surface area contributed by atoms with E-state index in [1.54, 1.807) is 6.07 Å². The van der Waals surface area contributed by atoms with Gasteiger partial charge in [0.05, 0.1) is 18.1 Å². The highest BCUT2D eigenvalue weighted by Gasteiger charge is 2.30. The summed E-state index contributed by atoms with van der Waals surface area (Å²) in [6.45, 7) is 0. The highest BCUT2D eigenvalue weighted by atomic mass is 19.4. The molecule has 0 spiro atoms. The molecule has 1 aromatic carbocycles.